The standard InChI is InChI=1S/C16H18N2O2/c19-15-8-4-3-7-13(15)18-16(20)14-10-9-11-5-1-2-6-12(11)17-14/h1-2,5-6,9-10,13,15,19H,3-4,7-8H2,(H,18,20)/t13-,15-/m1/s1. The third kappa shape index (κ3) is 2.65. The molecule has 1 amide bonds. The molecule has 1 fully saturated rings. The Labute approximate surface area is 117 Å². The SMILES string of the molecule is O=C(N[C@@H]1CCCC[C@H]1O)c1ccc2ccccc2n1. The third-order valence-electron chi connectivity index (χ3n) is 3.88. The fourth-order valence-electron chi connectivity index (χ4n) is 2.71. The Kier molecular flexibility index (Phi) is 3.65. The van der Waals surface area contributed by atoms with Crippen molar-refractivity contribution in [2.45, 2.75) is 37.8 Å². The van der Waals surface area contributed by atoms with Gasteiger partial charge in [0.2, 0.25) is 0 Å². The minimum Gasteiger partial charge on any atom is -0.391 e. The molecule has 0 radical (unpaired) electrons. The summed E-state index contributed by atoms with van der Waals surface area (Å²) in [5.74, 6) is -0.207. The number of benzene rings is 1. The van der Waals surface area contributed by atoms with Crippen LogP contribution in [0.2, 0.25) is 0 Å². The number of aliphatic hydroxyl groups is 1. The van der Waals surface area contributed by atoms with Crippen LogP contribution in [-0.4, -0.2) is 28.1 Å². The Morgan fingerprint density at radius 3 is 2.80 bits per heavy atom. The lowest BCUT2D eigenvalue weighted by Gasteiger charge is -2.28. The molecule has 1 aromatic heterocycles. The van der Waals surface area contributed by atoms with Gasteiger partial charge in [-0.2, -0.15) is 0 Å². The van der Waals surface area contributed by atoms with Gasteiger partial charge in [-0.1, -0.05) is 37.1 Å². The summed E-state index contributed by atoms with van der Waals surface area (Å²) in [7, 11) is 0. The summed E-state index contributed by atoms with van der Waals surface area (Å²) >= 11 is 0. The lowest BCUT2D eigenvalue weighted by Crippen LogP contribution is -2.45. The van der Waals surface area contributed by atoms with Crippen molar-refractivity contribution in [1.29, 1.82) is 0 Å². The zero-order valence-electron chi connectivity index (χ0n) is 11.2. The molecule has 1 saturated carbocycles. The summed E-state index contributed by atoms with van der Waals surface area (Å²) in [5, 5.41) is 13.8. The highest BCUT2D eigenvalue weighted by molar-refractivity contribution is 5.95. The van der Waals surface area contributed by atoms with Gasteiger partial charge in [0, 0.05) is 5.39 Å². The summed E-state index contributed by atoms with van der Waals surface area (Å²) in [6.07, 6.45) is 3.24. The second-order valence-electron chi connectivity index (χ2n) is 5.32. The van der Waals surface area contributed by atoms with E-state index >= 15 is 0 Å². The third-order valence-corrected chi connectivity index (χ3v) is 3.88. The van der Waals surface area contributed by atoms with E-state index < -0.39 is 6.10 Å². The molecule has 1 aliphatic carbocycles. The van der Waals surface area contributed by atoms with Crippen molar-refractivity contribution < 1.29 is 9.90 Å². The maximum absolute atomic E-state index is 12.2. The first kappa shape index (κ1) is 13.1. The van der Waals surface area contributed by atoms with Crippen molar-refractivity contribution in [3.05, 3.63) is 42.1 Å². The van der Waals surface area contributed by atoms with Gasteiger partial charge in [-0.05, 0) is 25.0 Å². The molecule has 1 aromatic carbocycles. The van der Waals surface area contributed by atoms with Crippen LogP contribution in [-0.2, 0) is 0 Å². The van der Waals surface area contributed by atoms with Crippen molar-refractivity contribution in [3.63, 3.8) is 0 Å². The van der Waals surface area contributed by atoms with Crippen molar-refractivity contribution in [1.82, 2.24) is 10.3 Å². The largest absolute Gasteiger partial charge is 0.391 e. The minimum absolute atomic E-state index is 0.149. The second-order valence-corrected chi connectivity index (χ2v) is 5.32. The average molecular weight is 270 g/mol. The number of carbonyl (C=O) groups is 1. The summed E-state index contributed by atoms with van der Waals surface area (Å²) in [6.45, 7) is 0. The van der Waals surface area contributed by atoms with Gasteiger partial charge in [0.25, 0.3) is 5.91 Å². The van der Waals surface area contributed by atoms with Gasteiger partial charge in [-0.15, -0.1) is 0 Å². The Bertz CT molecular complexity index is 627. The highest BCUT2D eigenvalue weighted by Crippen LogP contribution is 2.19. The van der Waals surface area contributed by atoms with Gasteiger partial charge in [-0.25, -0.2) is 4.98 Å². The number of nitrogens with one attached hydrogen (secondary N) is 1. The molecule has 1 aliphatic rings. The van der Waals surface area contributed by atoms with Gasteiger partial charge < -0.3 is 10.4 Å². The number of carbonyl (C=O) groups excluding carboxylic acids is 1. The number of nitrogens with zero attached hydrogens (tertiary/aromatic N) is 1. The van der Waals surface area contributed by atoms with Crippen LogP contribution in [0.5, 0.6) is 0 Å². The second kappa shape index (κ2) is 5.59. The maximum Gasteiger partial charge on any atom is 0.270 e. The first-order chi connectivity index (χ1) is 9.74. The Morgan fingerprint density at radius 2 is 1.95 bits per heavy atom. The molecular weight excluding hydrogens is 252 g/mol. The summed E-state index contributed by atoms with van der Waals surface area (Å²) in [4.78, 5) is 16.6. The van der Waals surface area contributed by atoms with Gasteiger partial charge in [-0.3, -0.25) is 4.79 Å². The molecular formula is C16H18N2O2. The van der Waals surface area contributed by atoms with Crippen LogP contribution in [0.3, 0.4) is 0 Å². The quantitative estimate of drug-likeness (QED) is 0.880. The molecule has 4 heteroatoms. The maximum atomic E-state index is 12.2. The number of hydrogen-bond acceptors (Lipinski definition) is 3. The highest BCUT2D eigenvalue weighted by Gasteiger charge is 2.25. The molecule has 0 bridgehead atoms. The predicted octanol–water partition coefficient (Wildman–Crippen LogP) is 2.27. The number of hydrogen-bond donors (Lipinski definition) is 2. The van der Waals surface area contributed by atoms with Crippen molar-refractivity contribution in [2.75, 3.05) is 0 Å². The zero-order valence-corrected chi connectivity index (χ0v) is 11.2. The molecule has 0 unspecified atom stereocenters. The molecule has 2 N–H and O–H groups in total. The smallest absolute Gasteiger partial charge is 0.270 e. The van der Waals surface area contributed by atoms with Gasteiger partial charge in [0.15, 0.2) is 0 Å². The van der Waals surface area contributed by atoms with E-state index in [9.17, 15) is 9.90 Å². The van der Waals surface area contributed by atoms with E-state index in [1.165, 1.54) is 0 Å². The normalized spacial score (nSPS) is 22.6. The Balaban J connectivity index is 1.78. The van der Waals surface area contributed by atoms with Crippen LogP contribution >= 0.6 is 0 Å². The van der Waals surface area contributed by atoms with E-state index in [0.717, 1.165) is 36.6 Å². The van der Waals surface area contributed by atoms with Crippen LogP contribution < -0.4 is 5.32 Å². The van der Waals surface area contributed by atoms with Crippen LogP contribution in [0.25, 0.3) is 10.9 Å². The van der Waals surface area contributed by atoms with Crippen LogP contribution in [0.1, 0.15) is 36.2 Å². The predicted molar refractivity (Wildman–Crippen MR) is 77.5 cm³/mol. The van der Waals surface area contributed by atoms with E-state index in [-0.39, 0.29) is 11.9 Å². The van der Waals surface area contributed by atoms with E-state index in [0.29, 0.717) is 5.69 Å². The molecule has 20 heavy (non-hydrogen) atoms. The van der Waals surface area contributed by atoms with Gasteiger partial charge >= 0.3 is 0 Å². The molecule has 1 heterocycles. The van der Waals surface area contributed by atoms with Crippen LogP contribution in [0.4, 0.5) is 0 Å². The lowest BCUT2D eigenvalue weighted by molar-refractivity contribution is 0.0714. The number of aliphatic hydroxyl groups excluding tert-OH is 1. The average Bonchev–Trinajstić information content (AvgIpc) is 2.49. The van der Waals surface area contributed by atoms with Crippen LogP contribution in [0.15, 0.2) is 36.4 Å². The fourth-order valence-corrected chi connectivity index (χ4v) is 2.71. The number of para-hydroxylation sites is 1. The Hall–Kier alpha value is -1.94. The lowest BCUT2D eigenvalue weighted by atomic mass is 9.92. The van der Waals surface area contributed by atoms with Crippen LogP contribution in [0, 0.1) is 0 Å². The van der Waals surface area contributed by atoms with E-state index in [1.807, 2.05) is 30.3 Å². The molecule has 2 aromatic rings. The number of amides is 1. The minimum atomic E-state index is -0.437. The number of pyridine rings is 1. The zero-order chi connectivity index (χ0) is 13.9. The summed E-state index contributed by atoms with van der Waals surface area (Å²) in [5.41, 5.74) is 1.21. The monoisotopic (exact) mass is 270 g/mol. The Morgan fingerprint density at radius 1 is 1.15 bits per heavy atom. The van der Waals surface area contributed by atoms with E-state index in [1.54, 1.807) is 6.07 Å². The fraction of sp³-hybridized carbons (Fsp3) is 0.375. The van der Waals surface area contributed by atoms with Gasteiger partial charge in [0.05, 0.1) is 17.7 Å². The van der Waals surface area contributed by atoms with Crippen molar-refractivity contribution >= 4 is 16.8 Å². The van der Waals surface area contributed by atoms with Crippen molar-refractivity contribution in [2.24, 2.45) is 0 Å². The molecule has 3 rings (SSSR count). The summed E-state index contributed by atoms with van der Waals surface area (Å²) in [6, 6.07) is 11.2. The topological polar surface area (TPSA) is 62.2 Å². The van der Waals surface area contributed by atoms with E-state index in [4.69, 9.17) is 0 Å². The summed E-state index contributed by atoms with van der Waals surface area (Å²) < 4.78 is 0. The van der Waals surface area contributed by atoms with E-state index in [2.05, 4.69) is 10.3 Å². The van der Waals surface area contributed by atoms with Gasteiger partial charge in [0.1, 0.15) is 5.69 Å². The molecule has 4 nitrogen and oxygen atoms in total. The molecule has 0 saturated heterocycles. The number of aromatic nitrogens is 1. The molecule has 0 spiro atoms. The number of fused-ring (bicyclic) bond motifs is 1. The molecule has 104 valence electrons. The first-order valence-corrected chi connectivity index (χ1v) is 7.09. The van der Waals surface area contributed by atoms with Crippen molar-refractivity contribution in [3.8, 4) is 0 Å². The molecule has 2 atom stereocenters. The number of rotatable bonds is 2. The molecule has 0 aliphatic heterocycles. The first-order valence-electron chi connectivity index (χ1n) is 7.09. The highest BCUT2D eigenvalue weighted by atomic mass is 16.3.